The first-order valence-corrected chi connectivity index (χ1v) is 10.9. The van der Waals surface area contributed by atoms with E-state index < -0.39 is 17.7 Å². The number of aromatic nitrogens is 1. The first-order valence-electron chi connectivity index (χ1n) is 10.1. The number of nitrogens with zero attached hydrogens (tertiary/aromatic N) is 1. The summed E-state index contributed by atoms with van der Waals surface area (Å²) in [5, 5.41) is 14.0. The van der Waals surface area contributed by atoms with Crippen molar-refractivity contribution in [1.29, 1.82) is 0 Å². The summed E-state index contributed by atoms with van der Waals surface area (Å²) in [6, 6.07) is 15.7. The van der Waals surface area contributed by atoms with Crippen LogP contribution in [0.5, 0.6) is 5.75 Å². The molecule has 160 valence electrons. The van der Waals surface area contributed by atoms with Crippen LogP contribution in [0, 0.1) is 6.92 Å². The van der Waals surface area contributed by atoms with Gasteiger partial charge in [-0.05, 0) is 54.3 Å². The number of benzene rings is 2. The second kappa shape index (κ2) is 7.69. The molecule has 3 heterocycles. The molecule has 32 heavy (non-hydrogen) atoms. The summed E-state index contributed by atoms with van der Waals surface area (Å²) in [6.07, 6.45) is 1.67. The highest BCUT2D eigenvalue weighted by molar-refractivity contribution is 7.10. The number of fused-ring (bicyclic) bond motifs is 1. The fraction of sp³-hybridized carbons (Fsp3) is 0.120. The molecule has 0 saturated carbocycles. The normalized spacial score (nSPS) is 17.9. The van der Waals surface area contributed by atoms with E-state index in [4.69, 9.17) is 4.74 Å². The molecule has 1 aliphatic rings. The molecule has 1 fully saturated rings. The summed E-state index contributed by atoms with van der Waals surface area (Å²) < 4.78 is 5.23. The number of para-hydroxylation sites is 1. The number of anilines is 1. The molecule has 1 amide bonds. The molecule has 1 saturated heterocycles. The van der Waals surface area contributed by atoms with E-state index >= 15 is 0 Å². The van der Waals surface area contributed by atoms with Crippen LogP contribution in [0.15, 0.2) is 71.7 Å². The zero-order valence-electron chi connectivity index (χ0n) is 17.5. The predicted octanol–water partition coefficient (Wildman–Crippen LogP) is 5.17. The summed E-state index contributed by atoms with van der Waals surface area (Å²) >= 11 is 1.46. The number of H-pyrrole nitrogens is 1. The van der Waals surface area contributed by atoms with Gasteiger partial charge in [-0.1, -0.05) is 18.2 Å². The van der Waals surface area contributed by atoms with Gasteiger partial charge in [-0.3, -0.25) is 14.5 Å². The van der Waals surface area contributed by atoms with E-state index in [0.29, 0.717) is 17.0 Å². The van der Waals surface area contributed by atoms with Gasteiger partial charge in [-0.2, -0.15) is 0 Å². The van der Waals surface area contributed by atoms with Gasteiger partial charge in [0, 0.05) is 33.2 Å². The van der Waals surface area contributed by atoms with Crippen LogP contribution in [-0.2, 0) is 9.59 Å². The smallest absolute Gasteiger partial charge is 0.300 e. The maximum Gasteiger partial charge on any atom is 0.300 e. The number of aliphatic hydroxyl groups is 1. The number of methoxy groups -OCH3 is 1. The van der Waals surface area contributed by atoms with Gasteiger partial charge in [-0.15, -0.1) is 11.3 Å². The van der Waals surface area contributed by atoms with Crippen molar-refractivity contribution in [2.75, 3.05) is 12.0 Å². The topological polar surface area (TPSA) is 82.6 Å². The minimum Gasteiger partial charge on any atom is -0.507 e. The fourth-order valence-corrected chi connectivity index (χ4v) is 5.19. The van der Waals surface area contributed by atoms with E-state index in [1.165, 1.54) is 16.2 Å². The Labute approximate surface area is 188 Å². The van der Waals surface area contributed by atoms with Gasteiger partial charge >= 0.3 is 0 Å². The van der Waals surface area contributed by atoms with Gasteiger partial charge in [0.1, 0.15) is 17.6 Å². The summed E-state index contributed by atoms with van der Waals surface area (Å²) in [7, 11) is 1.57. The number of ether oxygens (including phenoxy) is 1. The number of rotatable bonds is 4. The van der Waals surface area contributed by atoms with E-state index in [-0.39, 0.29) is 11.3 Å². The molecule has 2 aromatic carbocycles. The Morgan fingerprint density at radius 2 is 1.84 bits per heavy atom. The van der Waals surface area contributed by atoms with Crippen LogP contribution in [0.4, 0.5) is 5.69 Å². The van der Waals surface area contributed by atoms with Crippen LogP contribution < -0.4 is 9.64 Å². The molecule has 1 unspecified atom stereocenters. The number of thiophene rings is 1. The van der Waals surface area contributed by atoms with E-state index in [1.54, 1.807) is 37.6 Å². The van der Waals surface area contributed by atoms with Crippen molar-refractivity contribution in [3.63, 3.8) is 0 Å². The van der Waals surface area contributed by atoms with E-state index in [0.717, 1.165) is 21.3 Å². The van der Waals surface area contributed by atoms with Crippen LogP contribution in [0.2, 0.25) is 0 Å². The molecule has 6 nitrogen and oxygen atoms in total. The second-order valence-corrected chi connectivity index (χ2v) is 8.53. The zero-order valence-corrected chi connectivity index (χ0v) is 18.3. The Morgan fingerprint density at radius 1 is 1.09 bits per heavy atom. The summed E-state index contributed by atoms with van der Waals surface area (Å²) in [6.45, 7) is 1.94. The number of carbonyl (C=O) groups is 2. The Balaban J connectivity index is 1.74. The number of aromatic amines is 1. The Hall–Kier alpha value is -3.84. The lowest BCUT2D eigenvalue weighted by atomic mass is 9.98. The van der Waals surface area contributed by atoms with Crippen molar-refractivity contribution in [2.24, 2.45) is 0 Å². The highest BCUT2D eigenvalue weighted by Crippen LogP contribution is 2.45. The van der Waals surface area contributed by atoms with Crippen LogP contribution in [-0.4, -0.2) is 28.9 Å². The first kappa shape index (κ1) is 20.1. The summed E-state index contributed by atoms with van der Waals surface area (Å²) in [5.41, 5.74) is 2.92. The zero-order chi connectivity index (χ0) is 22.4. The lowest BCUT2D eigenvalue weighted by Crippen LogP contribution is -2.29. The van der Waals surface area contributed by atoms with Crippen molar-refractivity contribution in [3.05, 3.63) is 87.8 Å². The number of hydrogen-bond donors (Lipinski definition) is 2. The molecular weight excluding hydrogens is 424 g/mol. The summed E-state index contributed by atoms with van der Waals surface area (Å²) in [5.74, 6) is -0.918. The average Bonchev–Trinajstić information content (AvgIpc) is 3.50. The van der Waals surface area contributed by atoms with Gasteiger partial charge in [0.25, 0.3) is 11.7 Å². The van der Waals surface area contributed by atoms with Crippen molar-refractivity contribution in [2.45, 2.75) is 13.0 Å². The van der Waals surface area contributed by atoms with Crippen LogP contribution >= 0.6 is 11.3 Å². The molecule has 2 N–H and O–H groups in total. The van der Waals surface area contributed by atoms with Crippen molar-refractivity contribution in [3.8, 4) is 5.75 Å². The minimum absolute atomic E-state index is 0.0844. The maximum atomic E-state index is 13.3. The third-order valence-electron chi connectivity index (χ3n) is 5.79. The Kier molecular flexibility index (Phi) is 4.83. The molecule has 7 heteroatoms. The van der Waals surface area contributed by atoms with Gasteiger partial charge < -0.3 is 14.8 Å². The molecular formula is C25H20N2O4S. The molecule has 0 radical (unpaired) electrons. The highest BCUT2D eigenvalue weighted by Gasteiger charge is 2.48. The third-order valence-corrected chi connectivity index (χ3v) is 6.86. The average molecular weight is 445 g/mol. The fourth-order valence-electron chi connectivity index (χ4n) is 4.17. The molecule has 2 aromatic heterocycles. The monoisotopic (exact) mass is 444 g/mol. The van der Waals surface area contributed by atoms with Crippen molar-refractivity contribution in [1.82, 2.24) is 4.98 Å². The highest BCUT2D eigenvalue weighted by atomic mass is 32.1. The van der Waals surface area contributed by atoms with Gasteiger partial charge in [0.15, 0.2) is 0 Å². The van der Waals surface area contributed by atoms with Gasteiger partial charge in [0.05, 0.1) is 12.7 Å². The standard InChI is InChI=1S/C25H20N2O4S/c1-14-11-12-32-24(14)21-20(22(28)18-13-26-19-6-4-3-5-17(18)19)23(29)25(30)27(21)15-7-9-16(31-2)10-8-15/h3-13,21,26,28H,1-2H3/b22-20+. The SMILES string of the molecule is COc1ccc(N2C(=O)C(=O)/C(=C(/O)c3c[nH]c4ccccc34)C2c2sccc2C)cc1. The van der Waals surface area contributed by atoms with E-state index in [1.807, 2.05) is 42.6 Å². The third kappa shape index (κ3) is 3.01. The van der Waals surface area contributed by atoms with Crippen LogP contribution in [0.25, 0.3) is 16.7 Å². The number of aryl methyl sites for hydroxylation is 1. The lowest BCUT2D eigenvalue weighted by molar-refractivity contribution is -0.132. The molecule has 0 aliphatic carbocycles. The maximum absolute atomic E-state index is 13.3. The quantitative estimate of drug-likeness (QED) is 0.258. The Morgan fingerprint density at radius 3 is 2.53 bits per heavy atom. The van der Waals surface area contributed by atoms with Crippen molar-refractivity contribution < 1.29 is 19.4 Å². The number of Topliss-reactive ketones (excluding diaryl/α,β-unsaturated/α-hetero) is 1. The number of ketones is 1. The van der Waals surface area contributed by atoms with Gasteiger partial charge in [-0.25, -0.2) is 0 Å². The number of carbonyl (C=O) groups excluding carboxylic acids is 2. The number of hydrogen-bond acceptors (Lipinski definition) is 5. The number of amides is 1. The molecule has 1 aliphatic heterocycles. The predicted molar refractivity (Wildman–Crippen MR) is 125 cm³/mol. The van der Waals surface area contributed by atoms with Gasteiger partial charge in [0.2, 0.25) is 0 Å². The van der Waals surface area contributed by atoms with Crippen LogP contribution in [0.1, 0.15) is 22.0 Å². The molecule has 0 spiro atoms. The van der Waals surface area contributed by atoms with E-state index in [9.17, 15) is 14.7 Å². The molecule has 4 aromatic rings. The molecule has 5 rings (SSSR count). The minimum atomic E-state index is -0.725. The van der Waals surface area contributed by atoms with Crippen LogP contribution in [0.3, 0.4) is 0 Å². The largest absolute Gasteiger partial charge is 0.507 e. The number of nitrogens with one attached hydrogen (secondary N) is 1. The van der Waals surface area contributed by atoms with Crippen molar-refractivity contribution >= 4 is 45.4 Å². The van der Waals surface area contributed by atoms with E-state index in [2.05, 4.69) is 4.98 Å². The first-order chi connectivity index (χ1) is 15.5. The molecule has 1 atom stereocenters. The molecule has 0 bridgehead atoms. The summed E-state index contributed by atoms with van der Waals surface area (Å²) in [4.78, 5) is 31.9. The lowest BCUT2D eigenvalue weighted by Gasteiger charge is -2.25. The Bertz CT molecular complexity index is 1380. The second-order valence-electron chi connectivity index (χ2n) is 7.58. The number of aliphatic hydroxyl groups excluding tert-OH is 1.